The molecule has 0 aliphatic rings. The maximum Gasteiger partial charge on any atom is 0.309 e. The van der Waals surface area contributed by atoms with E-state index in [0.29, 0.717) is 33.7 Å². The summed E-state index contributed by atoms with van der Waals surface area (Å²) >= 11 is 12.0. The quantitative estimate of drug-likeness (QED) is 0.426. The van der Waals surface area contributed by atoms with Crippen LogP contribution in [0.15, 0.2) is 24.4 Å². The second-order valence-corrected chi connectivity index (χ2v) is 7.68. The minimum Gasteiger partial charge on any atom is -0.323 e. The minimum absolute atomic E-state index is 0.0642. The van der Waals surface area contributed by atoms with Crippen molar-refractivity contribution in [3.8, 4) is 0 Å². The normalized spacial score (nSPS) is 11.0. The zero-order valence-corrected chi connectivity index (χ0v) is 18.2. The van der Waals surface area contributed by atoms with E-state index in [4.69, 9.17) is 23.2 Å². The first kappa shape index (κ1) is 21.8. The summed E-state index contributed by atoms with van der Waals surface area (Å²) in [4.78, 5) is 22.8. The molecule has 0 unspecified atom stereocenters. The lowest BCUT2D eigenvalue weighted by Gasteiger charge is -2.08. The van der Waals surface area contributed by atoms with Crippen LogP contribution in [0, 0.1) is 30.9 Å². The summed E-state index contributed by atoms with van der Waals surface area (Å²) in [6.45, 7) is 5.96. The molecule has 0 atom stereocenters. The van der Waals surface area contributed by atoms with Crippen LogP contribution in [0.4, 0.5) is 11.4 Å². The highest BCUT2D eigenvalue weighted by molar-refractivity contribution is 6.42. The number of carbonyl (C=O) groups is 1. The standard InChI is InChI=1S/C19H20Cl2N6O3/c1-11-17(27(29)30)10-25(23-11)7-6-18(28)22-19-12(2)24-26(13(19)3)9-14-4-5-15(20)16(21)8-14/h4-5,8,10H,6-7,9H2,1-3H3,(H,22,28). The van der Waals surface area contributed by atoms with E-state index < -0.39 is 4.92 Å². The van der Waals surface area contributed by atoms with E-state index in [2.05, 4.69) is 15.5 Å². The van der Waals surface area contributed by atoms with E-state index in [1.54, 1.807) is 23.7 Å². The Labute approximate surface area is 182 Å². The summed E-state index contributed by atoms with van der Waals surface area (Å²) in [6.07, 6.45) is 1.45. The van der Waals surface area contributed by atoms with Crippen LogP contribution >= 0.6 is 23.2 Å². The number of aromatic nitrogens is 4. The summed E-state index contributed by atoms with van der Waals surface area (Å²) in [5.41, 5.74) is 3.32. The monoisotopic (exact) mass is 450 g/mol. The van der Waals surface area contributed by atoms with Crippen molar-refractivity contribution in [1.82, 2.24) is 19.6 Å². The number of rotatable bonds is 7. The first-order chi connectivity index (χ1) is 14.2. The minimum atomic E-state index is -0.492. The Hall–Kier alpha value is -2.91. The molecule has 2 heterocycles. The lowest BCUT2D eigenvalue weighted by Crippen LogP contribution is -2.16. The predicted octanol–water partition coefficient (Wildman–Crippen LogP) is 4.30. The van der Waals surface area contributed by atoms with Crippen molar-refractivity contribution in [3.63, 3.8) is 0 Å². The summed E-state index contributed by atoms with van der Waals surface area (Å²) < 4.78 is 3.19. The highest BCUT2D eigenvalue weighted by Gasteiger charge is 2.17. The first-order valence-corrected chi connectivity index (χ1v) is 9.87. The van der Waals surface area contributed by atoms with Crippen LogP contribution in [0.3, 0.4) is 0 Å². The molecule has 158 valence electrons. The van der Waals surface area contributed by atoms with Crippen LogP contribution in [0.5, 0.6) is 0 Å². The van der Waals surface area contributed by atoms with Gasteiger partial charge in [-0.3, -0.25) is 24.3 Å². The molecule has 1 amide bonds. The van der Waals surface area contributed by atoms with E-state index >= 15 is 0 Å². The fourth-order valence-electron chi connectivity index (χ4n) is 3.06. The molecule has 0 radical (unpaired) electrons. The lowest BCUT2D eigenvalue weighted by molar-refractivity contribution is -0.385. The van der Waals surface area contributed by atoms with Gasteiger partial charge >= 0.3 is 5.69 Å². The Bertz CT molecular complexity index is 1120. The maximum absolute atomic E-state index is 12.4. The Kier molecular flexibility index (Phi) is 6.42. The van der Waals surface area contributed by atoms with Crippen LogP contribution in [0.25, 0.3) is 0 Å². The largest absolute Gasteiger partial charge is 0.323 e. The van der Waals surface area contributed by atoms with Crippen molar-refractivity contribution >= 4 is 40.5 Å². The molecule has 0 aliphatic carbocycles. The molecule has 2 aromatic heterocycles. The Balaban J connectivity index is 1.66. The highest BCUT2D eigenvalue weighted by Crippen LogP contribution is 2.25. The molecule has 1 aromatic carbocycles. The van der Waals surface area contributed by atoms with Crippen molar-refractivity contribution < 1.29 is 9.72 Å². The van der Waals surface area contributed by atoms with E-state index in [1.165, 1.54) is 10.9 Å². The third kappa shape index (κ3) is 4.80. The number of hydrogen-bond donors (Lipinski definition) is 1. The molecular weight excluding hydrogens is 431 g/mol. The third-order valence-corrected chi connectivity index (χ3v) is 5.39. The van der Waals surface area contributed by atoms with Gasteiger partial charge in [0.1, 0.15) is 11.9 Å². The second kappa shape index (κ2) is 8.85. The molecule has 3 aromatic rings. The zero-order chi connectivity index (χ0) is 22.0. The van der Waals surface area contributed by atoms with E-state index in [0.717, 1.165) is 11.3 Å². The number of amides is 1. The number of nitrogens with zero attached hydrogens (tertiary/aromatic N) is 5. The molecule has 3 rings (SSSR count). The number of anilines is 1. The fourth-order valence-corrected chi connectivity index (χ4v) is 3.38. The molecule has 0 fully saturated rings. The molecule has 0 saturated carbocycles. The fraction of sp³-hybridized carbons (Fsp3) is 0.316. The first-order valence-electron chi connectivity index (χ1n) is 9.12. The van der Waals surface area contributed by atoms with Crippen LogP contribution < -0.4 is 5.32 Å². The molecule has 9 nitrogen and oxygen atoms in total. The molecule has 30 heavy (non-hydrogen) atoms. The molecule has 1 N–H and O–H groups in total. The molecule has 0 aliphatic heterocycles. The number of hydrogen-bond acceptors (Lipinski definition) is 5. The van der Waals surface area contributed by atoms with Gasteiger partial charge < -0.3 is 5.32 Å². The van der Waals surface area contributed by atoms with E-state index in [9.17, 15) is 14.9 Å². The van der Waals surface area contributed by atoms with Crippen LogP contribution in [-0.2, 0) is 17.9 Å². The average Bonchev–Trinajstić information content (AvgIpc) is 3.18. The lowest BCUT2D eigenvalue weighted by atomic mass is 10.2. The van der Waals surface area contributed by atoms with Gasteiger partial charge in [-0.15, -0.1) is 0 Å². The molecule has 0 bridgehead atoms. The SMILES string of the molecule is Cc1nn(CCC(=O)Nc2c(C)nn(Cc3ccc(Cl)c(Cl)c3)c2C)cc1[N+](=O)[O-]. The van der Waals surface area contributed by atoms with E-state index in [1.807, 2.05) is 19.9 Å². The number of benzene rings is 1. The summed E-state index contributed by atoms with van der Waals surface area (Å²) in [5, 5.41) is 23.3. The van der Waals surface area contributed by atoms with Gasteiger partial charge in [0.25, 0.3) is 0 Å². The number of nitro groups is 1. The number of nitrogens with one attached hydrogen (secondary N) is 1. The average molecular weight is 451 g/mol. The van der Waals surface area contributed by atoms with Crippen molar-refractivity contribution in [2.45, 2.75) is 40.3 Å². The molecular formula is C19H20Cl2N6O3. The van der Waals surface area contributed by atoms with Gasteiger partial charge in [-0.25, -0.2) is 0 Å². The van der Waals surface area contributed by atoms with Crippen molar-refractivity contribution in [2.24, 2.45) is 0 Å². The number of halogens is 2. The van der Waals surface area contributed by atoms with Gasteiger partial charge in [0.2, 0.25) is 5.91 Å². The van der Waals surface area contributed by atoms with Gasteiger partial charge in [0.15, 0.2) is 0 Å². The van der Waals surface area contributed by atoms with Crippen LogP contribution in [0.2, 0.25) is 10.0 Å². The Morgan fingerprint density at radius 1 is 1.17 bits per heavy atom. The van der Waals surface area contributed by atoms with Gasteiger partial charge in [-0.05, 0) is 38.5 Å². The third-order valence-electron chi connectivity index (χ3n) is 4.65. The smallest absolute Gasteiger partial charge is 0.309 e. The molecule has 0 spiro atoms. The summed E-state index contributed by atoms with van der Waals surface area (Å²) in [5.74, 6) is -0.230. The van der Waals surface area contributed by atoms with E-state index in [-0.39, 0.29) is 24.6 Å². The predicted molar refractivity (Wildman–Crippen MR) is 114 cm³/mol. The Morgan fingerprint density at radius 3 is 2.53 bits per heavy atom. The number of carbonyl (C=O) groups excluding carboxylic acids is 1. The van der Waals surface area contributed by atoms with Gasteiger partial charge in [0.05, 0.1) is 38.6 Å². The molecule has 0 saturated heterocycles. The topological polar surface area (TPSA) is 108 Å². The van der Waals surface area contributed by atoms with Gasteiger partial charge in [0, 0.05) is 13.0 Å². The summed E-state index contributed by atoms with van der Waals surface area (Å²) in [7, 11) is 0. The van der Waals surface area contributed by atoms with Crippen molar-refractivity contribution in [3.05, 3.63) is 67.2 Å². The highest BCUT2D eigenvalue weighted by atomic mass is 35.5. The molecule has 11 heteroatoms. The maximum atomic E-state index is 12.4. The second-order valence-electron chi connectivity index (χ2n) is 6.87. The summed E-state index contributed by atoms with van der Waals surface area (Å²) in [6, 6.07) is 5.38. The van der Waals surface area contributed by atoms with Crippen molar-refractivity contribution in [1.29, 1.82) is 0 Å². The van der Waals surface area contributed by atoms with Crippen LogP contribution in [-0.4, -0.2) is 30.4 Å². The van der Waals surface area contributed by atoms with Gasteiger partial charge in [-0.1, -0.05) is 29.3 Å². The Morgan fingerprint density at radius 2 is 1.90 bits per heavy atom. The number of aryl methyl sites for hydroxylation is 3. The van der Waals surface area contributed by atoms with Crippen molar-refractivity contribution in [2.75, 3.05) is 5.32 Å². The zero-order valence-electron chi connectivity index (χ0n) is 16.6. The van der Waals surface area contributed by atoms with Gasteiger partial charge in [-0.2, -0.15) is 10.2 Å². The van der Waals surface area contributed by atoms with Crippen LogP contribution in [0.1, 0.15) is 29.1 Å².